The summed E-state index contributed by atoms with van der Waals surface area (Å²) >= 11 is 0. The predicted molar refractivity (Wildman–Crippen MR) is 121 cm³/mol. The van der Waals surface area contributed by atoms with Crippen LogP contribution in [0.2, 0.25) is 0 Å². The van der Waals surface area contributed by atoms with Crippen LogP contribution in [0.4, 0.5) is 0 Å². The number of carbonyl (C=O) groups is 1. The molecule has 7 heteroatoms. The van der Waals surface area contributed by atoms with Crippen LogP contribution in [0.1, 0.15) is 35.8 Å². The van der Waals surface area contributed by atoms with E-state index < -0.39 is 0 Å². The molecule has 0 spiro atoms. The Bertz CT molecular complexity index is 840. The van der Waals surface area contributed by atoms with E-state index in [2.05, 4.69) is 39.1 Å². The molecule has 0 aliphatic rings. The van der Waals surface area contributed by atoms with Crippen molar-refractivity contribution in [3.8, 4) is 0 Å². The fourth-order valence-electron chi connectivity index (χ4n) is 3.08. The molecule has 0 saturated carbocycles. The maximum atomic E-state index is 12.2. The summed E-state index contributed by atoms with van der Waals surface area (Å²) in [7, 11) is 0. The maximum absolute atomic E-state index is 12.2. The molecule has 1 atom stereocenters. The fraction of sp³-hybridized carbons (Fsp3) is 0.273. The molecule has 1 heterocycles. The van der Waals surface area contributed by atoms with Crippen LogP contribution in [0, 0.1) is 0 Å². The Hall–Kier alpha value is -2.34. The second-order valence-electron chi connectivity index (χ2n) is 6.62. The summed E-state index contributed by atoms with van der Waals surface area (Å²) < 4.78 is 2.10. The molecule has 5 nitrogen and oxygen atoms in total. The van der Waals surface area contributed by atoms with Crippen molar-refractivity contribution in [3.05, 3.63) is 90.0 Å². The highest BCUT2D eigenvalue weighted by Gasteiger charge is 2.12. The summed E-state index contributed by atoms with van der Waals surface area (Å²) in [4.78, 5) is 16.6. The first-order chi connectivity index (χ1) is 13.2. The molecule has 0 aliphatic heterocycles. The lowest BCUT2D eigenvalue weighted by Gasteiger charge is -2.13. The zero-order valence-electron chi connectivity index (χ0n) is 16.2. The number of nitrogens with zero attached hydrogens (tertiary/aromatic N) is 2. The van der Waals surface area contributed by atoms with E-state index in [1.807, 2.05) is 42.6 Å². The minimum absolute atomic E-state index is 0. The minimum Gasteiger partial charge on any atom is -0.349 e. The van der Waals surface area contributed by atoms with Crippen molar-refractivity contribution in [1.82, 2.24) is 14.9 Å². The Labute approximate surface area is 184 Å². The molecular formula is C22H28Cl2N4O. The Kier molecular flexibility index (Phi) is 11.1. The topological polar surface area (TPSA) is 72.9 Å². The van der Waals surface area contributed by atoms with Gasteiger partial charge in [0.05, 0.1) is 6.54 Å². The van der Waals surface area contributed by atoms with Crippen molar-refractivity contribution in [2.75, 3.05) is 0 Å². The van der Waals surface area contributed by atoms with Gasteiger partial charge in [-0.15, -0.1) is 24.8 Å². The Balaban J connectivity index is 0.00000210. The van der Waals surface area contributed by atoms with E-state index in [1.165, 1.54) is 5.56 Å². The summed E-state index contributed by atoms with van der Waals surface area (Å²) in [5, 5.41) is 2.93. The van der Waals surface area contributed by atoms with Gasteiger partial charge in [0.25, 0.3) is 0 Å². The Morgan fingerprint density at radius 3 is 2.38 bits per heavy atom. The van der Waals surface area contributed by atoms with Crippen molar-refractivity contribution in [2.24, 2.45) is 5.73 Å². The van der Waals surface area contributed by atoms with Crippen LogP contribution in [0.3, 0.4) is 0 Å². The van der Waals surface area contributed by atoms with Gasteiger partial charge in [0, 0.05) is 31.4 Å². The van der Waals surface area contributed by atoms with Gasteiger partial charge >= 0.3 is 0 Å². The number of carbonyl (C=O) groups excluding carboxylic acids is 1. The van der Waals surface area contributed by atoms with Gasteiger partial charge in [-0.05, 0) is 24.0 Å². The van der Waals surface area contributed by atoms with Crippen LogP contribution in [0.15, 0.2) is 73.1 Å². The average molecular weight is 435 g/mol. The maximum Gasteiger partial charge on any atom is 0.222 e. The third-order valence-corrected chi connectivity index (χ3v) is 4.59. The van der Waals surface area contributed by atoms with Gasteiger partial charge in [-0.3, -0.25) is 4.79 Å². The lowest BCUT2D eigenvalue weighted by molar-refractivity contribution is -0.121. The summed E-state index contributed by atoms with van der Waals surface area (Å²) in [5.41, 5.74) is 8.42. The lowest BCUT2D eigenvalue weighted by atomic mass is 10.0. The van der Waals surface area contributed by atoms with Crippen LogP contribution in [0.25, 0.3) is 0 Å². The molecular weight excluding hydrogens is 407 g/mol. The summed E-state index contributed by atoms with van der Waals surface area (Å²) in [5.74, 6) is 0.801. The second kappa shape index (κ2) is 13.0. The highest BCUT2D eigenvalue weighted by Crippen LogP contribution is 2.13. The zero-order chi connectivity index (χ0) is 18.9. The molecule has 0 bridgehead atoms. The molecule has 0 radical (unpaired) electrons. The molecule has 3 rings (SSSR count). The van der Waals surface area contributed by atoms with Gasteiger partial charge in [0.15, 0.2) is 0 Å². The molecule has 1 aromatic heterocycles. The number of benzene rings is 2. The largest absolute Gasteiger partial charge is 0.349 e. The van der Waals surface area contributed by atoms with E-state index in [4.69, 9.17) is 5.73 Å². The lowest BCUT2D eigenvalue weighted by Crippen LogP contribution is -2.28. The molecule has 2 aromatic carbocycles. The van der Waals surface area contributed by atoms with Gasteiger partial charge in [0.1, 0.15) is 5.82 Å². The minimum atomic E-state index is -0.295. The van der Waals surface area contributed by atoms with Crippen LogP contribution in [0.5, 0.6) is 0 Å². The normalized spacial score (nSPS) is 11.1. The number of rotatable bonds is 9. The zero-order valence-corrected chi connectivity index (χ0v) is 17.9. The fourth-order valence-corrected chi connectivity index (χ4v) is 3.08. The summed E-state index contributed by atoms with van der Waals surface area (Å²) in [6.45, 7) is 1.29. The Morgan fingerprint density at radius 1 is 1.03 bits per heavy atom. The molecule has 3 aromatic rings. The van der Waals surface area contributed by atoms with Crippen LogP contribution in [-0.4, -0.2) is 15.5 Å². The first kappa shape index (κ1) is 24.7. The summed E-state index contributed by atoms with van der Waals surface area (Å²) in [6.07, 6.45) is 6.05. The van der Waals surface area contributed by atoms with E-state index in [9.17, 15) is 4.79 Å². The van der Waals surface area contributed by atoms with Crippen LogP contribution in [-0.2, 0) is 24.3 Å². The molecule has 0 saturated heterocycles. The standard InChI is InChI=1S/C22H26N4O.2ClH/c23-20(19-11-5-2-6-12-19)16-22(27)25-17-21-24-13-15-26(21)14-7-10-18-8-3-1-4-9-18;;/h1-6,8-9,11-13,15,20H,7,10,14,16-17,23H2,(H,25,27);2*1H. The summed E-state index contributed by atoms with van der Waals surface area (Å²) in [6, 6.07) is 19.8. The number of aryl methyl sites for hydroxylation is 2. The molecule has 0 fully saturated rings. The van der Waals surface area contributed by atoms with Gasteiger partial charge < -0.3 is 15.6 Å². The number of hydrogen-bond acceptors (Lipinski definition) is 3. The first-order valence-corrected chi connectivity index (χ1v) is 9.33. The van der Waals surface area contributed by atoms with Crippen LogP contribution < -0.4 is 11.1 Å². The second-order valence-corrected chi connectivity index (χ2v) is 6.62. The van der Waals surface area contributed by atoms with Gasteiger partial charge in [0.2, 0.25) is 5.91 Å². The third kappa shape index (κ3) is 7.89. The highest BCUT2D eigenvalue weighted by molar-refractivity contribution is 5.85. The smallest absolute Gasteiger partial charge is 0.222 e. The van der Waals surface area contributed by atoms with E-state index >= 15 is 0 Å². The van der Waals surface area contributed by atoms with Crippen molar-refractivity contribution in [3.63, 3.8) is 0 Å². The molecule has 29 heavy (non-hydrogen) atoms. The number of imidazole rings is 1. The van der Waals surface area contributed by atoms with E-state index in [1.54, 1.807) is 6.20 Å². The number of aromatic nitrogens is 2. The number of hydrogen-bond donors (Lipinski definition) is 2. The molecule has 156 valence electrons. The van der Waals surface area contributed by atoms with Gasteiger partial charge in [-0.2, -0.15) is 0 Å². The quantitative estimate of drug-likeness (QED) is 0.532. The van der Waals surface area contributed by atoms with Crippen molar-refractivity contribution >= 4 is 30.7 Å². The number of nitrogens with two attached hydrogens (primary N) is 1. The van der Waals surface area contributed by atoms with E-state index in [0.717, 1.165) is 30.8 Å². The van der Waals surface area contributed by atoms with Crippen LogP contribution >= 0.6 is 24.8 Å². The number of nitrogens with one attached hydrogen (secondary N) is 1. The monoisotopic (exact) mass is 434 g/mol. The highest BCUT2D eigenvalue weighted by atomic mass is 35.5. The molecule has 1 amide bonds. The molecule has 0 aliphatic carbocycles. The predicted octanol–water partition coefficient (Wildman–Crippen LogP) is 4.07. The van der Waals surface area contributed by atoms with Crippen molar-refractivity contribution in [1.29, 1.82) is 0 Å². The van der Waals surface area contributed by atoms with Crippen molar-refractivity contribution in [2.45, 2.75) is 38.4 Å². The molecule has 3 N–H and O–H groups in total. The first-order valence-electron chi connectivity index (χ1n) is 9.33. The van der Waals surface area contributed by atoms with E-state index in [-0.39, 0.29) is 43.2 Å². The Morgan fingerprint density at radius 2 is 1.69 bits per heavy atom. The SMILES string of the molecule is Cl.Cl.NC(CC(=O)NCc1nccn1CCCc1ccccc1)c1ccccc1. The average Bonchev–Trinajstić information content (AvgIpc) is 3.15. The van der Waals surface area contributed by atoms with Crippen molar-refractivity contribution < 1.29 is 4.79 Å². The van der Waals surface area contributed by atoms with Gasteiger partial charge in [-0.1, -0.05) is 60.7 Å². The van der Waals surface area contributed by atoms with Gasteiger partial charge in [-0.25, -0.2) is 4.98 Å². The third-order valence-electron chi connectivity index (χ3n) is 4.59. The number of halogens is 2. The molecule has 1 unspecified atom stereocenters. The number of amides is 1. The van der Waals surface area contributed by atoms with E-state index in [0.29, 0.717) is 6.54 Å².